The van der Waals surface area contributed by atoms with E-state index in [0.717, 1.165) is 116 Å². The van der Waals surface area contributed by atoms with E-state index in [0.29, 0.717) is 19.3 Å². The van der Waals surface area contributed by atoms with Gasteiger partial charge in [0.05, 0.1) is 13.0 Å². The summed E-state index contributed by atoms with van der Waals surface area (Å²) in [6, 6.07) is 0. The number of carboxylic acids is 1. The van der Waals surface area contributed by atoms with Gasteiger partial charge in [0.2, 0.25) is 0 Å². The molecule has 6 unspecified atom stereocenters. The van der Waals surface area contributed by atoms with Crippen molar-refractivity contribution in [1.82, 2.24) is 0 Å². The van der Waals surface area contributed by atoms with Crippen LogP contribution >= 0.6 is 0 Å². The Morgan fingerprint density at radius 2 is 0.835 bits per heavy atom. The van der Waals surface area contributed by atoms with Crippen LogP contribution in [0.2, 0.25) is 0 Å². The number of aliphatic hydroxyl groups is 2. The van der Waals surface area contributed by atoms with Gasteiger partial charge in [-0.05, 0) is 122 Å². The van der Waals surface area contributed by atoms with Gasteiger partial charge >= 0.3 is 23.9 Å². The Labute approximate surface area is 476 Å². The summed E-state index contributed by atoms with van der Waals surface area (Å²) in [5.74, 6) is -3.38. The van der Waals surface area contributed by atoms with Crippen LogP contribution in [0.1, 0.15) is 201 Å². The zero-order chi connectivity index (χ0) is 57.5. The number of esters is 3. The van der Waals surface area contributed by atoms with Crippen LogP contribution in [0.3, 0.4) is 0 Å². The molecule has 1 aliphatic heterocycles. The van der Waals surface area contributed by atoms with E-state index in [4.69, 9.17) is 23.7 Å². The lowest BCUT2D eigenvalue weighted by molar-refractivity contribution is -0.301. The van der Waals surface area contributed by atoms with Crippen LogP contribution in [0.15, 0.2) is 146 Å². The van der Waals surface area contributed by atoms with Gasteiger partial charge in [-0.2, -0.15) is 0 Å². The second-order valence-corrected chi connectivity index (χ2v) is 19.5. The quantitative estimate of drug-likeness (QED) is 0.0228. The number of unbranched alkanes of at least 4 members (excludes halogenated alkanes) is 11. The number of rotatable bonds is 48. The lowest BCUT2D eigenvalue weighted by Gasteiger charge is -2.40. The van der Waals surface area contributed by atoms with Crippen LogP contribution in [0.4, 0.5) is 0 Å². The van der Waals surface area contributed by atoms with Crippen molar-refractivity contribution in [3.8, 4) is 0 Å². The zero-order valence-corrected chi connectivity index (χ0v) is 48.5. The Balaban J connectivity index is 2.78. The van der Waals surface area contributed by atoms with Crippen LogP contribution in [-0.2, 0) is 42.9 Å². The van der Waals surface area contributed by atoms with E-state index in [1.54, 1.807) is 12.2 Å². The van der Waals surface area contributed by atoms with Gasteiger partial charge < -0.3 is 39.0 Å². The zero-order valence-electron chi connectivity index (χ0n) is 48.5. The molecule has 0 aromatic rings. The van der Waals surface area contributed by atoms with Crippen molar-refractivity contribution in [2.24, 2.45) is 0 Å². The molecule has 0 aromatic carbocycles. The summed E-state index contributed by atoms with van der Waals surface area (Å²) in [6.45, 7) is 5.63. The summed E-state index contributed by atoms with van der Waals surface area (Å²) in [5, 5.41) is 31.4. The normalized spacial score (nSPS) is 18.9. The third-order valence-corrected chi connectivity index (χ3v) is 12.4. The number of aliphatic hydroxyl groups excluding tert-OH is 2. The van der Waals surface area contributed by atoms with Crippen molar-refractivity contribution in [3.05, 3.63) is 146 Å². The summed E-state index contributed by atoms with van der Waals surface area (Å²) < 4.78 is 28.2. The van der Waals surface area contributed by atoms with Gasteiger partial charge in [-0.1, -0.05) is 205 Å². The highest BCUT2D eigenvalue weighted by atomic mass is 16.7. The molecule has 0 aromatic heterocycles. The summed E-state index contributed by atoms with van der Waals surface area (Å²) in [4.78, 5) is 51.1. The second-order valence-electron chi connectivity index (χ2n) is 19.5. The maximum absolute atomic E-state index is 13.1. The minimum absolute atomic E-state index is 0.0882. The van der Waals surface area contributed by atoms with Gasteiger partial charge in [-0.3, -0.25) is 14.4 Å². The number of hydrogen-bond acceptors (Lipinski definition) is 11. The van der Waals surface area contributed by atoms with E-state index in [1.165, 1.54) is 25.7 Å². The molecule has 0 amide bonds. The molecule has 0 saturated carbocycles. The number of carbonyl (C=O) groups is 4. The summed E-state index contributed by atoms with van der Waals surface area (Å²) >= 11 is 0. The largest absolute Gasteiger partial charge is 0.479 e. The summed E-state index contributed by atoms with van der Waals surface area (Å²) in [7, 11) is 0. The molecule has 0 spiro atoms. The lowest BCUT2D eigenvalue weighted by Crippen LogP contribution is -2.61. The lowest BCUT2D eigenvalue weighted by atomic mass is 9.98. The van der Waals surface area contributed by atoms with E-state index in [-0.39, 0.29) is 25.9 Å². The maximum atomic E-state index is 13.1. The molecule has 12 heteroatoms. The smallest absolute Gasteiger partial charge is 0.335 e. The molecule has 442 valence electrons. The number of carbonyl (C=O) groups excluding carboxylic acids is 3. The first-order valence-corrected chi connectivity index (χ1v) is 29.8. The van der Waals surface area contributed by atoms with E-state index >= 15 is 0 Å². The van der Waals surface area contributed by atoms with Crippen molar-refractivity contribution in [1.29, 1.82) is 0 Å². The molecule has 12 nitrogen and oxygen atoms in total. The number of ether oxygens (including phenoxy) is 5. The van der Waals surface area contributed by atoms with Crippen molar-refractivity contribution in [2.45, 2.75) is 237 Å². The predicted molar refractivity (Wildman–Crippen MR) is 321 cm³/mol. The Morgan fingerprint density at radius 1 is 0.443 bits per heavy atom. The fraction of sp³-hybridized carbons (Fsp3) is 0.582. The van der Waals surface area contributed by atoms with Crippen molar-refractivity contribution in [3.63, 3.8) is 0 Å². The number of aliphatic carboxylic acids is 1. The van der Waals surface area contributed by atoms with Crippen molar-refractivity contribution in [2.75, 3.05) is 13.2 Å². The van der Waals surface area contributed by atoms with Crippen LogP contribution in [-0.4, -0.2) is 89.2 Å². The van der Waals surface area contributed by atoms with Crippen LogP contribution in [0, 0.1) is 0 Å². The van der Waals surface area contributed by atoms with E-state index in [9.17, 15) is 34.5 Å². The van der Waals surface area contributed by atoms with Gasteiger partial charge in [0.25, 0.3) is 0 Å². The SMILES string of the molecule is CC/C=C\C/C=C\C/C=C\C/C=C\C/C=C\CC(=O)OC1C(OCC(COC(=O)CCCCCCCC/C=C\C/C=C\C/C=C\CCCCC)OC(=O)CCCC/C=C\C/C=C\C/C=C\C/C=C\CC)OC(C(=O)O)C(O)C1O. The fourth-order valence-corrected chi connectivity index (χ4v) is 7.91. The van der Waals surface area contributed by atoms with Gasteiger partial charge in [-0.25, -0.2) is 4.79 Å². The molecule has 79 heavy (non-hydrogen) atoms. The average Bonchev–Trinajstić information content (AvgIpc) is 3.44. The highest BCUT2D eigenvalue weighted by molar-refractivity contribution is 5.74. The predicted octanol–water partition coefficient (Wildman–Crippen LogP) is 15.6. The number of hydrogen-bond donors (Lipinski definition) is 3. The molecule has 3 N–H and O–H groups in total. The van der Waals surface area contributed by atoms with Gasteiger partial charge in [0.1, 0.15) is 18.8 Å². The third kappa shape index (κ3) is 43.1. The van der Waals surface area contributed by atoms with Crippen LogP contribution < -0.4 is 0 Å². The molecule has 0 aliphatic carbocycles. The van der Waals surface area contributed by atoms with Gasteiger partial charge in [0.15, 0.2) is 24.6 Å². The number of carboxylic acid groups (broad SMARTS) is 1. The third-order valence-electron chi connectivity index (χ3n) is 12.4. The molecule has 1 fully saturated rings. The molecule has 6 atom stereocenters. The summed E-state index contributed by atoms with van der Waals surface area (Å²) in [6.07, 6.45) is 64.1. The Hall–Kier alpha value is -5.40. The van der Waals surface area contributed by atoms with Gasteiger partial charge in [0, 0.05) is 12.8 Å². The Bertz CT molecular complexity index is 1930. The van der Waals surface area contributed by atoms with Crippen LogP contribution in [0.25, 0.3) is 0 Å². The molecule has 0 bridgehead atoms. The average molecular weight is 1100 g/mol. The first kappa shape index (κ1) is 71.6. The molecule has 0 radical (unpaired) electrons. The minimum atomic E-state index is -1.95. The van der Waals surface area contributed by atoms with E-state index < -0.39 is 67.3 Å². The fourth-order valence-electron chi connectivity index (χ4n) is 7.91. The molecular formula is C67H102O12. The van der Waals surface area contributed by atoms with Crippen molar-refractivity contribution >= 4 is 23.9 Å². The molecule has 1 rings (SSSR count). The highest BCUT2D eigenvalue weighted by Crippen LogP contribution is 2.26. The minimum Gasteiger partial charge on any atom is -0.479 e. The Morgan fingerprint density at radius 3 is 1.30 bits per heavy atom. The first-order chi connectivity index (χ1) is 38.6. The monoisotopic (exact) mass is 1100 g/mol. The maximum Gasteiger partial charge on any atom is 0.335 e. The molecule has 1 saturated heterocycles. The summed E-state index contributed by atoms with van der Waals surface area (Å²) in [5.41, 5.74) is 0. The van der Waals surface area contributed by atoms with Crippen LogP contribution in [0.5, 0.6) is 0 Å². The standard InChI is InChI=1S/C67H102O12/c1-4-7-10-13-16-19-22-25-28-29-30-31-34-35-38-41-44-47-50-53-59(68)75-56-58(77-60(69)54-51-48-45-42-39-36-32-26-23-20-17-14-11-8-5-2)57-76-67-65(63(72)62(71)64(79-67)66(73)74)78-61(70)55-52-49-46-43-40-37-33-27-24-21-18-15-12-9-6-3/h8-9,11-12,16-21,25-28,30-33,39-40,42-43,49,52,58,62-65,67,71-72H,4-7,10,13-15,22-24,29,34-38,41,44-48,50-51,53-57H2,1-3H3,(H,73,74)/b11-8-,12-9-,19-16-,20-17-,21-18-,28-25-,31-30-,32-26-,33-27-,42-39-,43-40-,52-49-. The van der Waals surface area contributed by atoms with Gasteiger partial charge in [-0.15, -0.1) is 0 Å². The van der Waals surface area contributed by atoms with E-state index in [1.807, 2.05) is 12.2 Å². The second kappa shape index (κ2) is 53.3. The Kier molecular flexibility index (Phi) is 48.3. The topological polar surface area (TPSA) is 175 Å². The molecule has 1 aliphatic rings. The highest BCUT2D eigenvalue weighted by Gasteiger charge is 2.50. The number of allylic oxidation sites excluding steroid dienone is 23. The van der Waals surface area contributed by atoms with E-state index in [2.05, 4.69) is 142 Å². The molecular weight excluding hydrogens is 997 g/mol. The first-order valence-electron chi connectivity index (χ1n) is 29.8. The van der Waals surface area contributed by atoms with Crippen molar-refractivity contribution < 1.29 is 58.2 Å². The molecule has 1 heterocycles.